The highest BCUT2D eigenvalue weighted by molar-refractivity contribution is 5.97. The first-order chi connectivity index (χ1) is 16.0. The summed E-state index contributed by atoms with van der Waals surface area (Å²) in [4.78, 5) is 31.6. The van der Waals surface area contributed by atoms with Crippen LogP contribution in [0, 0.1) is 5.82 Å². The van der Waals surface area contributed by atoms with Gasteiger partial charge in [0, 0.05) is 24.4 Å². The third-order valence-corrected chi connectivity index (χ3v) is 5.17. The van der Waals surface area contributed by atoms with Gasteiger partial charge in [-0.1, -0.05) is 30.3 Å². The summed E-state index contributed by atoms with van der Waals surface area (Å²) >= 11 is 0. The molecule has 0 aliphatic carbocycles. The third-order valence-electron chi connectivity index (χ3n) is 5.17. The molecule has 0 aliphatic rings. The lowest BCUT2D eigenvalue weighted by Gasteiger charge is -2.14. The second kappa shape index (κ2) is 11.7. The molecule has 0 spiro atoms. The number of amides is 1. The van der Waals surface area contributed by atoms with Crippen molar-refractivity contribution in [2.75, 3.05) is 6.54 Å². The van der Waals surface area contributed by atoms with Gasteiger partial charge >= 0.3 is 5.97 Å². The highest BCUT2D eigenvalue weighted by Crippen LogP contribution is 2.23. The Balaban J connectivity index is 1.83. The quantitative estimate of drug-likeness (QED) is 0.262. The molecule has 1 aromatic heterocycles. The average Bonchev–Trinajstić information content (AvgIpc) is 3.32. The van der Waals surface area contributed by atoms with Crippen LogP contribution in [0.1, 0.15) is 46.6 Å². The van der Waals surface area contributed by atoms with Crippen molar-refractivity contribution in [2.24, 2.45) is 5.73 Å². The van der Waals surface area contributed by atoms with Crippen LogP contribution in [0.4, 0.5) is 4.39 Å². The molecular formula is C25H27FN4O3. The first-order valence-corrected chi connectivity index (χ1v) is 10.7. The zero-order valence-electron chi connectivity index (χ0n) is 18.1. The van der Waals surface area contributed by atoms with Crippen LogP contribution in [0.5, 0.6) is 0 Å². The molecule has 33 heavy (non-hydrogen) atoms. The van der Waals surface area contributed by atoms with E-state index in [0.717, 1.165) is 22.5 Å². The molecule has 0 fully saturated rings. The summed E-state index contributed by atoms with van der Waals surface area (Å²) in [6.07, 6.45) is 7.41. The Hall–Kier alpha value is -3.78. The summed E-state index contributed by atoms with van der Waals surface area (Å²) in [6, 6.07) is 12.1. The van der Waals surface area contributed by atoms with Crippen LogP contribution in [0.3, 0.4) is 0 Å². The molecule has 3 aromatic rings. The highest BCUT2D eigenvalue weighted by atomic mass is 19.1. The molecule has 7 nitrogen and oxygen atoms in total. The number of imidazole rings is 1. The average molecular weight is 451 g/mol. The summed E-state index contributed by atoms with van der Waals surface area (Å²) in [5.74, 6) is -1.11. The number of halogens is 1. The van der Waals surface area contributed by atoms with Crippen LogP contribution >= 0.6 is 0 Å². The van der Waals surface area contributed by atoms with Crippen LogP contribution in [0.25, 0.3) is 11.6 Å². The monoisotopic (exact) mass is 450 g/mol. The number of carboxylic acids is 1. The lowest BCUT2D eigenvalue weighted by atomic mass is 9.98. The third kappa shape index (κ3) is 7.11. The van der Waals surface area contributed by atoms with Gasteiger partial charge < -0.3 is 21.1 Å². The van der Waals surface area contributed by atoms with E-state index in [2.05, 4.69) is 15.3 Å². The van der Waals surface area contributed by atoms with Crippen molar-refractivity contribution >= 4 is 23.5 Å². The fourth-order valence-corrected chi connectivity index (χ4v) is 3.44. The van der Waals surface area contributed by atoms with Gasteiger partial charge in [0.1, 0.15) is 17.7 Å². The summed E-state index contributed by atoms with van der Waals surface area (Å²) < 4.78 is 13.4. The SMILES string of the molecule is NCCCC[C@H](NC(=O)c1cccc(C=C(Cc2ncc[nH]2)c2ccc(F)cc2)c1)C(=O)O. The Morgan fingerprint density at radius 3 is 2.61 bits per heavy atom. The molecule has 0 bridgehead atoms. The predicted molar refractivity (Wildman–Crippen MR) is 125 cm³/mol. The fourth-order valence-electron chi connectivity index (χ4n) is 3.44. The Morgan fingerprint density at radius 2 is 1.94 bits per heavy atom. The Bertz CT molecular complexity index is 1100. The maximum atomic E-state index is 13.4. The predicted octanol–water partition coefficient (Wildman–Crippen LogP) is 3.64. The number of H-pyrrole nitrogens is 1. The lowest BCUT2D eigenvalue weighted by molar-refractivity contribution is -0.139. The number of nitrogens with zero attached hydrogens (tertiary/aromatic N) is 1. The minimum absolute atomic E-state index is 0.315. The Kier molecular flexibility index (Phi) is 8.49. The largest absolute Gasteiger partial charge is 0.480 e. The number of unbranched alkanes of at least 4 members (excludes halogenated alkanes) is 1. The van der Waals surface area contributed by atoms with Crippen molar-refractivity contribution in [3.63, 3.8) is 0 Å². The van der Waals surface area contributed by atoms with E-state index in [9.17, 15) is 19.1 Å². The number of aromatic amines is 1. The number of rotatable bonds is 11. The van der Waals surface area contributed by atoms with E-state index < -0.39 is 17.9 Å². The second-order valence-corrected chi connectivity index (χ2v) is 7.66. The van der Waals surface area contributed by atoms with E-state index in [1.54, 1.807) is 42.7 Å². The maximum absolute atomic E-state index is 13.4. The number of aromatic nitrogens is 2. The number of aliphatic carboxylic acids is 1. The topological polar surface area (TPSA) is 121 Å². The van der Waals surface area contributed by atoms with Crippen LogP contribution in [-0.4, -0.2) is 39.5 Å². The minimum atomic E-state index is -1.08. The zero-order chi connectivity index (χ0) is 23.6. The molecule has 0 saturated carbocycles. The molecule has 0 unspecified atom stereocenters. The van der Waals surface area contributed by atoms with Gasteiger partial charge in [-0.15, -0.1) is 0 Å². The summed E-state index contributed by atoms with van der Waals surface area (Å²) in [7, 11) is 0. The van der Waals surface area contributed by atoms with E-state index in [0.29, 0.717) is 37.8 Å². The van der Waals surface area contributed by atoms with Crippen molar-refractivity contribution in [1.82, 2.24) is 15.3 Å². The van der Waals surface area contributed by atoms with Crippen LogP contribution < -0.4 is 11.1 Å². The van der Waals surface area contributed by atoms with Gasteiger partial charge in [-0.25, -0.2) is 14.2 Å². The van der Waals surface area contributed by atoms with E-state index >= 15 is 0 Å². The van der Waals surface area contributed by atoms with Crippen LogP contribution in [0.15, 0.2) is 60.9 Å². The number of carboxylic acid groups (broad SMARTS) is 1. The van der Waals surface area contributed by atoms with Gasteiger partial charge in [-0.3, -0.25) is 4.79 Å². The molecule has 8 heteroatoms. The Morgan fingerprint density at radius 1 is 1.15 bits per heavy atom. The zero-order valence-corrected chi connectivity index (χ0v) is 18.1. The van der Waals surface area contributed by atoms with Crippen molar-refractivity contribution < 1.29 is 19.1 Å². The molecule has 0 saturated heterocycles. The van der Waals surface area contributed by atoms with Gasteiger partial charge in [0.25, 0.3) is 5.91 Å². The summed E-state index contributed by atoms with van der Waals surface area (Å²) in [5, 5.41) is 12.0. The number of benzene rings is 2. The molecule has 0 aliphatic heterocycles. The number of hydrogen-bond acceptors (Lipinski definition) is 4. The van der Waals surface area contributed by atoms with Crippen molar-refractivity contribution in [3.8, 4) is 0 Å². The molecule has 1 amide bonds. The first kappa shape index (κ1) is 23.9. The molecular weight excluding hydrogens is 423 g/mol. The molecule has 2 aromatic carbocycles. The van der Waals surface area contributed by atoms with Gasteiger partial charge in [-0.2, -0.15) is 0 Å². The molecule has 1 heterocycles. The first-order valence-electron chi connectivity index (χ1n) is 10.7. The van der Waals surface area contributed by atoms with E-state index in [1.165, 1.54) is 12.1 Å². The Labute approximate surface area is 191 Å². The number of nitrogens with one attached hydrogen (secondary N) is 2. The summed E-state index contributed by atoms with van der Waals surface area (Å²) in [6.45, 7) is 0.475. The van der Waals surface area contributed by atoms with Gasteiger partial charge in [-0.05, 0) is 66.8 Å². The van der Waals surface area contributed by atoms with E-state index in [-0.39, 0.29) is 5.82 Å². The number of carbonyl (C=O) groups excluding carboxylic acids is 1. The fraction of sp³-hybridized carbons (Fsp3) is 0.240. The van der Waals surface area contributed by atoms with Crippen molar-refractivity contribution in [2.45, 2.75) is 31.7 Å². The minimum Gasteiger partial charge on any atom is -0.480 e. The molecule has 172 valence electrons. The number of nitrogens with two attached hydrogens (primary N) is 1. The van der Waals surface area contributed by atoms with Crippen LogP contribution in [-0.2, 0) is 11.2 Å². The number of hydrogen-bond donors (Lipinski definition) is 4. The summed E-state index contributed by atoms with van der Waals surface area (Å²) in [5.41, 5.74) is 8.28. The van der Waals surface area contributed by atoms with Gasteiger partial charge in [0.2, 0.25) is 0 Å². The maximum Gasteiger partial charge on any atom is 0.326 e. The van der Waals surface area contributed by atoms with Gasteiger partial charge in [0.05, 0.1) is 0 Å². The number of allylic oxidation sites excluding steroid dienone is 1. The highest BCUT2D eigenvalue weighted by Gasteiger charge is 2.20. The van der Waals surface area contributed by atoms with Gasteiger partial charge in [0.15, 0.2) is 0 Å². The standard InChI is InChI=1S/C25H27FN4O3/c26-21-9-7-18(8-10-21)20(16-23-28-12-13-29-23)15-17-4-3-5-19(14-17)24(31)30-22(25(32)33)6-1-2-11-27/h3-5,7-10,12-15,22H,1-2,6,11,16,27H2,(H,28,29)(H,30,31)(H,32,33)/t22-/m0/s1. The molecule has 5 N–H and O–H groups in total. The van der Waals surface area contributed by atoms with E-state index in [1.807, 2.05) is 12.1 Å². The smallest absolute Gasteiger partial charge is 0.326 e. The number of carbonyl (C=O) groups is 2. The van der Waals surface area contributed by atoms with E-state index in [4.69, 9.17) is 5.73 Å². The van der Waals surface area contributed by atoms with Crippen molar-refractivity contribution in [3.05, 3.63) is 89.3 Å². The molecule has 0 radical (unpaired) electrons. The molecule has 3 rings (SSSR count). The van der Waals surface area contributed by atoms with Crippen molar-refractivity contribution in [1.29, 1.82) is 0 Å². The molecule has 1 atom stereocenters. The van der Waals surface area contributed by atoms with Crippen LogP contribution in [0.2, 0.25) is 0 Å². The second-order valence-electron chi connectivity index (χ2n) is 7.66. The lowest BCUT2D eigenvalue weighted by Crippen LogP contribution is -2.40. The normalized spacial score (nSPS) is 12.4.